The van der Waals surface area contributed by atoms with Gasteiger partial charge in [0, 0.05) is 17.7 Å². The Kier molecular flexibility index (Phi) is 12.9. The van der Waals surface area contributed by atoms with Crippen molar-refractivity contribution in [2.75, 3.05) is 38.9 Å². The number of carbonyl (C=O) groups is 3. The Morgan fingerprint density at radius 1 is 1.03 bits per heavy atom. The first-order chi connectivity index (χ1) is 16.1. The molecule has 1 N–H and O–H groups in total. The molecule has 188 valence electrons. The van der Waals surface area contributed by atoms with Gasteiger partial charge in [0.2, 0.25) is 0 Å². The summed E-state index contributed by atoms with van der Waals surface area (Å²) in [5.74, 6) is -2.56. The summed E-state index contributed by atoms with van der Waals surface area (Å²) in [7, 11) is -1.79. The highest BCUT2D eigenvalue weighted by molar-refractivity contribution is 8.23. The van der Waals surface area contributed by atoms with Gasteiger partial charge in [0.25, 0.3) is 11.6 Å². The molecule has 0 radical (unpaired) electrons. The van der Waals surface area contributed by atoms with Gasteiger partial charge in [-0.15, -0.1) is 23.5 Å². The Morgan fingerprint density at radius 3 is 2.00 bits per heavy atom. The lowest BCUT2D eigenvalue weighted by Crippen LogP contribution is -2.25. The molecule has 1 aromatic rings. The number of amides is 1. The molecule has 1 aromatic carbocycles. The number of non-ortho nitro benzene ring substituents is 1. The molecule has 0 saturated heterocycles. The van der Waals surface area contributed by atoms with E-state index in [9.17, 15) is 29.1 Å². The van der Waals surface area contributed by atoms with Crippen molar-refractivity contribution < 1.29 is 42.4 Å². The van der Waals surface area contributed by atoms with Crippen molar-refractivity contribution >= 4 is 54.7 Å². The SMILES string of the molecule is CCOP(=O)(OCC)C(NC(=O)c1cccc([N+](=O)[O-])c1)=C(SCC(=O)OC)SCC(=O)OC. The van der Waals surface area contributed by atoms with Gasteiger partial charge < -0.3 is 23.8 Å². The zero-order valence-corrected chi connectivity index (χ0v) is 21.5. The molecule has 1 rings (SSSR count). The van der Waals surface area contributed by atoms with Gasteiger partial charge >= 0.3 is 19.5 Å². The van der Waals surface area contributed by atoms with E-state index in [2.05, 4.69) is 14.8 Å². The standard InChI is InChI=1S/C19H25N2O10PS2/c1-5-30-32(27,31-6-2)18(19(33-11-15(22)28-3)34-12-16(23)29-4)20-17(24)13-8-7-9-14(10-13)21(25)26/h7-10H,5-6,11-12H2,1-4H3,(H,20,24). The van der Waals surface area contributed by atoms with Crippen LogP contribution in [-0.2, 0) is 32.7 Å². The topological polar surface area (TPSA) is 160 Å². The van der Waals surface area contributed by atoms with E-state index < -0.39 is 30.4 Å². The summed E-state index contributed by atoms with van der Waals surface area (Å²) in [6.07, 6.45) is 0. The first-order valence-corrected chi connectivity index (χ1v) is 13.2. The molecule has 1 amide bonds. The van der Waals surface area contributed by atoms with Gasteiger partial charge in [0.15, 0.2) is 5.44 Å². The molecule has 0 fully saturated rings. The highest BCUT2D eigenvalue weighted by Gasteiger charge is 2.35. The number of nitro groups is 1. The van der Waals surface area contributed by atoms with Crippen molar-refractivity contribution in [1.82, 2.24) is 5.32 Å². The number of rotatable bonds is 14. The maximum atomic E-state index is 13.6. The van der Waals surface area contributed by atoms with Crippen LogP contribution in [0.4, 0.5) is 5.69 Å². The van der Waals surface area contributed by atoms with Crippen molar-refractivity contribution in [1.29, 1.82) is 0 Å². The number of nitrogens with zero attached hydrogens (tertiary/aromatic N) is 1. The van der Waals surface area contributed by atoms with Crippen LogP contribution in [0.15, 0.2) is 33.9 Å². The summed E-state index contributed by atoms with van der Waals surface area (Å²) >= 11 is 1.69. The summed E-state index contributed by atoms with van der Waals surface area (Å²) in [6.45, 7) is 3.02. The van der Waals surface area contributed by atoms with Gasteiger partial charge in [-0.1, -0.05) is 6.07 Å². The lowest BCUT2D eigenvalue weighted by atomic mass is 10.2. The van der Waals surface area contributed by atoms with Gasteiger partial charge in [-0.3, -0.25) is 29.1 Å². The minimum absolute atomic E-state index is 0.0515. The van der Waals surface area contributed by atoms with Crippen molar-refractivity contribution in [2.45, 2.75) is 13.8 Å². The maximum absolute atomic E-state index is 13.6. The quantitative estimate of drug-likeness (QED) is 0.160. The smallest absolute Gasteiger partial charge is 0.379 e. The van der Waals surface area contributed by atoms with Crippen LogP contribution in [0.25, 0.3) is 0 Å². The molecule has 0 aliphatic rings. The molecule has 0 saturated carbocycles. The van der Waals surface area contributed by atoms with E-state index in [0.717, 1.165) is 29.6 Å². The molecule has 0 atom stereocenters. The Balaban J connectivity index is 3.57. The van der Waals surface area contributed by atoms with E-state index in [4.69, 9.17) is 9.05 Å². The Bertz CT molecular complexity index is 954. The van der Waals surface area contributed by atoms with Gasteiger partial charge in [0.05, 0.1) is 48.1 Å². The molecule has 0 spiro atoms. The molecule has 0 heterocycles. The van der Waals surface area contributed by atoms with Gasteiger partial charge in [-0.2, -0.15) is 0 Å². The second kappa shape index (κ2) is 14.8. The van der Waals surface area contributed by atoms with Crippen LogP contribution in [0, 0.1) is 10.1 Å². The third-order valence-electron chi connectivity index (χ3n) is 3.71. The largest absolute Gasteiger partial charge is 0.468 e. The molecular weight excluding hydrogens is 511 g/mol. The predicted molar refractivity (Wildman–Crippen MR) is 127 cm³/mol. The minimum atomic E-state index is -4.16. The summed E-state index contributed by atoms with van der Waals surface area (Å²) in [4.78, 5) is 46.8. The Labute approximate surface area is 204 Å². The van der Waals surface area contributed by atoms with Gasteiger partial charge in [-0.25, -0.2) is 0 Å². The first-order valence-electron chi connectivity index (χ1n) is 9.70. The van der Waals surface area contributed by atoms with E-state index in [0.29, 0.717) is 0 Å². The third kappa shape index (κ3) is 9.11. The Morgan fingerprint density at radius 2 is 1.56 bits per heavy atom. The average Bonchev–Trinajstić information content (AvgIpc) is 2.82. The van der Waals surface area contributed by atoms with Gasteiger partial charge in [0.1, 0.15) is 0 Å². The van der Waals surface area contributed by atoms with Crippen LogP contribution in [0.2, 0.25) is 0 Å². The molecule has 0 aliphatic heterocycles. The van der Waals surface area contributed by atoms with Crippen molar-refractivity contribution in [3.8, 4) is 0 Å². The van der Waals surface area contributed by atoms with E-state index in [1.165, 1.54) is 32.4 Å². The van der Waals surface area contributed by atoms with Crippen LogP contribution in [0.1, 0.15) is 24.2 Å². The van der Waals surface area contributed by atoms with Gasteiger partial charge in [-0.05, 0) is 19.9 Å². The first kappa shape index (κ1) is 29.7. The predicted octanol–water partition coefficient (Wildman–Crippen LogP) is 3.53. The number of nitrogens with one attached hydrogen (secondary N) is 1. The highest BCUT2D eigenvalue weighted by Crippen LogP contribution is 2.58. The number of hydrogen-bond acceptors (Lipinski definition) is 12. The van der Waals surface area contributed by atoms with Crippen LogP contribution in [0.3, 0.4) is 0 Å². The van der Waals surface area contributed by atoms with Crippen molar-refractivity contribution in [3.05, 3.63) is 49.6 Å². The summed E-state index contributed by atoms with van der Waals surface area (Å²) in [5.41, 5.74) is -0.728. The van der Waals surface area contributed by atoms with Crippen LogP contribution in [0.5, 0.6) is 0 Å². The molecule has 0 unspecified atom stereocenters. The van der Waals surface area contributed by atoms with Crippen molar-refractivity contribution in [2.24, 2.45) is 0 Å². The number of carbonyl (C=O) groups excluding carboxylic acids is 3. The Hall–Kier alpha value is -2.38. The van der Waals surface area contributed by atoms with Crippen LogP contribution >= 0.6 is 31.1 Å². The van der Waals surface area contributed by atoms with Crippen LogP contribution < -0.4 is 5.32 Å². The second-order valence-corrected chi connectivity index (χ2v) is 10.1. The lowest BCUT2D eigenvalue weighted by molar-refractivity contribution is -0.384. The number of ether oxygens (including phenoxy) is 2. The van der Waals surface area contributed by atoms with E-state index in [1.807, 2.05) is 0 Å². The monoisotopic (exact) mass is 536 g/mol. The fourth-order valence-corrected chi connectivity index (χ4v) is 6.55. The molecule has 0 bridgehead atoms. The second-order valence-electron chi connectivity index (χ2n) is 5.96. The summed E-state index contributed by atoms with van der Waals surface area (Å²) < 4.78 is 33.7. The number of methoxy groups -OCH3 is 2. The maximum Gasteiger partial charge on any atom is 0.379 e. The number of esters is 2. The van der Waals surface area contributed by atoms with E-state index >= 15 is 0 Å². The van der Waals surface area contributed by atoms with Crippen molar-refractivity contribution in [3.63, 3.8) is 0 Å². The van der Waals surface area contributed by atoms with E-state index in [-0.39, 0.29) is 45.6 Å². The summed E-state index contributed by atoms with van der Waals surface area (Å²) in [6, 6.07) is 4.90. The summed E-state index contributed by atoms with van der Waals surface area (Å²) in [5, 5.41) is 13.5. The third-order valence-corrected chi connectivity index (χ3v) is 8.50. The average molecular weight is 537 g/mol. The fraction of sp³-hybridized carbons (Fsp3) is 0.421. The number of benzene rings is 1. The number of hydrogen-bond donors (Lipinski definition) is 1. The lowest BCUT2D eigenvalue weighted by Gasteiger charge is -2.23. The molecular formula is C19H25N2O10PS2. The molecule has 0 aromatic heterocycles. The fourth-order valence-electron chi connectivity index (χ4n) is 2.22. The van der Waals surface area contributed by atoms with Crippen LogP contribution in [-0.4, -0.2) is 61.7 Å². The zero-order valence-electron chi connectivity index (χ0n) is 18.9. The zero-order chi connectivity index (χ0) is 25.7. The number of thioether (sulfide) groups is 2. The molecule has 0 aliphatic carbocycles. The van der Waals surface area contributed by atoms with E-state index in [1.54, 1.807) is 13.8 Å². The molecule has 15 heteroatoms. The molecule has 34 heavy (non-hydrogen) atoms. The normalized spacial score (nSPS) is 10.8. The minimum Gasteiger partial charge on any atom is -0.468 e. The number of nitro benzene ring substituents is 1. The highest BCUT2D eigenvalue weighted by atomic mass is 32.2. The molecule has 12 nitrogen and oxygen atoms in total.